The highest BCUT2D eigenvalue weighted by Crippen LogP contribution is 2.48. The molecule has 7 rings (SSSR count). The smallest absolute Gasteiger partial charge is 0.282 e. The molecule has 0 aromatic carbocycles. The Morgan fingerprint density at radius 2 is 1.91 bits per heavy atom. The van der Waals surface area contributed by atoms with E-state index in [-0.39, 0.29) is 24.5 Å². The molecule has 0 unspecified atom stereocenters. The lowest BCUT2D eigenvalue weighted by atomic mass is 9.93. The van der Waals surface area contributed by atoms with Crippen molar-refractivity contribution in [1.29, 1.82) is 0 Å². The van der Waals surface area contributed by atoms with Gasteiger partial charge in [0, 0.05) is 68.8 Å². The molecule has 0 saturated carbocycles. The molecule has 2 aromatic heterocycles. The van der Waals surface area contributed by atoms with Crippen LogP contribution in [0.3, 0.4) is 0 Å². The average Bonchev–Trinajstić information content (AvgIpc) is 3.45. The fraction of sp³-hybridized carbons (Fsp3) is 0.576. The third-order valence-electron chi connectivity index (χ3n) is 10.5. The van der Waals surface area contributed by atoms with Gasteiger partial charge in [0.05, 0.1) is 24.5 Å². The summed E-state index contributed by atoms with van der Waals surface area (Å²) in [4.78, 5) is 48.8. The van der Waals surface area contributed by atoms with Crippen LogP contribution in [0.1, 0.15) is 43.0 Å². The van der Waals surface area contributed by atoms with Crippen LogP contribution in [0.5, 0.6) is 5.88 Å². The number of piperazine rings is 1. The Morgan fingerprint density at radius 3 is 2.67 bits per heavy atom. The topological polar surface area (TPSA) is 88.6 Å². The predicted octanol–water partition coefficient (Wildman–Crippen LogP) is 2.76. The summed E-state index contributed by atoms with van der Waals surface area (Å²) in [6, 6.07) is 1.43. The normalized spacial score (nSPS) is 24.7. The molecule has 2 amide bonds. The van der Waals surface area contributed by atoms with Crippen molar-refractivity contribution >= 4 is 34.7 Å². The highest BCUT2D eigenvalue weighted by atomic mass is 19.1. The minimum atomic E-state index is -1.01. The molecule has 5 aliphatic rings. The van der Waals surface area contributed by atoms with Crippen molar-refractivity contribution in [3.05, 3.63) is 41.5 Å². The highest BCUT2D eigenvalue weighted by molar-refractivity contribution is 6.08. The molecule has 7 heterocycles. The summed E-state index contributed by atoms with van der Waals surface area (Å²) < 4.78 is 20.5. The average molecular weight is 619 g/mol. The monoisotopic (exact) mass is 618 g/mol. The van der Waals surface area contributed by atoms with Crippen molar-refractivity contribution in [2.24, 2.45) is 0 Å². The van der Waals surface area contributed by atoms with Crippen molar-refractivity contribution in [1.82, 2.24) is 19.8 Å². The van der Waals surface area contributed by atoms with Gasteiger partial charge in [-0.3, -0.25) is 9.59 Å². The molecule has 2 aromatic rings. The van der Waals surface area contributed by atoms with Crippen LogP contribution in [0.4, 0.5) is 27.3 Å². The molecule has 0 aliphatic carbocycles. The first-order valence-electron chi connectivity index (χ1n) is 16.2. The van der Waals surface area contributed by atoms with Crippen LogP contribution in [-0.4, -0.2) is 110 Å². The number of carbonyl (C=O) groups is 2. The number of hydrogen-bond acceptors (Lipinski definition) is 9. The van der Waals surface area contributed by atoms with Gasteiger partial charge in [0.1, 0.15) is 24.2 Å². The Morgan fingerprint density at radius 1 is 1.09 bits per heavy atom. The fourth-order valence-electron chi connectivity index (χ4n) is 7.94. The molecule has 0 bridgehead atoms. The maximum atomic E-state index is 14.0. The van der Waals surface area contributed by atoms with E-state index < -0.39 is 17.8 Å². The van der Waals surface area contributed by atoms with E-state index in [1.807, 2.05) is 13.1 Å². The van der Waals surface area contributed by atoms with Gasteiger partial charge in [0.25, 0.3) is 11.8 Å². The van der Waals surface area contributed by atoms with Crippen LogP contribution in [0, 0.1) is 0 Å². The zero-order chi connectivity index (χ0) is 31.6. The number of likely N-dealkylation sites (N-methyl/N-ethyl adjacent to an activating group) is 2. The maximum absolute atomic E-state index is 14.0. The fourth-order valence-corrected chi connectivity index (χ4v) is 7.94. The van der Waals surface area contributed by atoms with Crippen molar-refractivity contribution in [3.8, 4) is 5.88 Å². The second-order valence-electron chi connectivity index (χ2n) is 13.2. The summed E-state index contributed by atoms with van der Waals surface area (Å²) in [6.07, 6.45) is 6.90. The Labute approximate surface area is 264 Å². The molecular weight excluding hydrogens is 575 g/mol. The lowest BCUT2D eigenvalue weighted by Crippen LogP contribution is -2.66. The molecular formula is C33H43FN8O3. The molecule has 240 valence electrons. The minimum absolute atomic E-state index is 0.0887. The molecule has 11 nitrogen and oxygen atoms in total. The van der Waals surface area contributed by atoms with Crippen molar-refractivity contribution in [3.63, 3.8) is 0 Å². The van der Waals surface area contributed by atoms with Crippen LogP contribution >= 0.6 is 0 Å². The Kier molecular flexibility index (Phi) is 7.58. The number of rotatable bonds is 5. The molecule has 3 atom stereocenters. The summed E-state index contributed by atoms with van der Waals surface area (Å²) in [5.41, 5.74) is 6.16. The lowest BCUT2D eigenvalue weighted by Gasteiger charge is -2.51. The highest BCUT2D eigenvalue weighted by Gasteiger charge is 2.47. The van der Waals surface area contributed by atoms with Gasteiger partial charge in [-0.2, -0.15) is 0 Å². The van der Waals surface area contributed by atoms with Gasteiger partial charge in [-0.25, -0.2) is 14.4 Å². The number of carbonyl (C=O) groups excluding carboxylic acids is 2. The summed E-state index contributed by atoms with van der Waals surface area (Å²) in [5.74, 6) is -0.458. The van der Waals surface area contributed by atoms with Gasteiger partial charge in [0.15, 0.2) is 5.83 Å². The second kappa shape index (κ2) is 11.5. The first-order chi connectivity index (χ1) is 21.6. The number of amides is 2. The van der Waals surface area contributed by atoms with E-state index in [4.69, 9.17) is 14.7 Å². The standard InChI is InChI=1S/C33H43FN8O3/c1-20-16-42-27(18-41(20)32(43)21(2)34)33(44)39(5)29-28(42)23-11-15-40(30-24-9-7-14-38(4)26(24)10-12-35-30)17-25(23)36-31(29)45-19-22-8-6-13-37(22)3/h10,12,20,22,27H,2,6-9,11,13-19H2,1,3-5H3/t20-,22+,27-/m1/s1. The number of pyridine rings is 2. The van der Waals surface area contributed by atoms with Crippen molar-refractivity contribution in [2.45, 2.75) is 63.7 Å². The van der Waals surface area contributed by atoms with E-state index in [9.17, 15) is 14.0 Å². The molecule has 0 N–H and O–H groups in total. The van der Waals surface area contributed by atoms with Gasteiger partial charge < -0.3 is 34.1 Å². The van der Waals surface area contributed by atoms with E-state index in [1.165, 1.54) is 16.2 Å². The zero-order valence-corrected chi connectivity index (χ0v) is 26.8. The van der Waals surface area contributed by atoms with E-state index in [0.717, 1.165) is 74.5 Å². The van der Waals surface area contributed by atoms with E-state index in [2.05, 4.69) is 46.3 Å². The number of nitrogens with zero attached hydrogens (tertiary/aromatic N) is 8. The number of anilines is 4. The first-order valence-corrected chi connectivity index (χ1v) is 16.2. The van der Waals surface area contributed by atoms with Crippen LogP contribution < -0.4 is 24.3 Å². The minimum Gasteiger partial charge on any atom is -0.474 e. The quantitative estimate of drug-likeness (QED) is 0.470. The van der Waals surface area contributed by atoms with Gasteiger partial charge in [0.2, 0.25) is 5.88 Å². The van der Waals surface area contributed by atoms with Gasteiger partial charge in [-0.1, -0.05) is 6.58 Å². The SMILES string of the molecule is C=C(F)C(=O)N1C[C@@H]2C(=O)N(C)c3c(OC[C@@H]4CCCN4C)nc4c(c3N2C[C@H]1C)CCN(c1nccc2c1CCCN2C)C4. The van der Waals surface area contributed by atoms with E-state index in [1.54, 1.807) is 11.9 Å². The number of ether oxygens (including phenoxy) is 1. The summed E-state index contributed by atoms with van der Waals surface area (Å²) in [7, 11) is 6.01. The van der Waals surface area contributed by atoms with Crippen LogP contribution in [-0.2, 0) is 29.0 Å². The second-order valence-corrected chi connectivity index (χ2v) is 13.2. The Bertz CT molecular complexity index is 1550. The third kappa shape index (κ3) is 4.97. The number of hydrogen-bond donors (Lipinski definition) is 0. The predicted molar refractivity (Wildman–Crippen MR) is 172 cm³/mol. The van der Waals surface area contributed by atoms with Gasteiger partial charge in [-0.15, -0.1) is 0 Å². The number of fused-ring (bicyclic) bond motifs is 6. The van der Waals surface area contributed by atoms with Crippen LogP contribution in [0.15, 0.2) is 24.7 Å². The Balaban J connectivity index is 1.30. The maximum Gasteiger partial charge on any atom is 0.282 e. The molecule has 5 aliphatic heterocycles. The van der Waals surface area contributed by atoms with E-state index >= 15 is 0 Å². The third-order valence-corrected chi connectivity index (χ3v) is 10.5. The number of aromatic nitrogens is 2. The van der Waals surface area contributed by atoms with Crippen LogP contribution in [0.2, 0.25) is 0 Å². The molecule has 0 radical (unpaired) electrons. The largest absolute Gasteiger partial charge is 0.474 e. The molecule has 12 heteroatoms. The Hall–Kier alpha value is -3.93. The summed E-state index contributed by atoms with van der Waals surface area (Å²) in [5, 5.41) is 0. The summed E-state index contributed by atoms with van der Waals surface area (Å²) in [6.45, 7) is 9.49. The molecule has 2 fully saturated rings. The van der Waals surface area contributed by atoms with E-state index in [0.29, 0.717) is 31.3 Å². The van der Waals surface area contributed by atoms with Crippen molar-refractivity contribution in [2.75, 3.05) is 80.1 Å². The number of halogens is 1. The first kappa shape index (κ1) is 29.8. The van der Waals surface area contributed by atoms with Gasteiger partial charge in [-0.05, 0) is 58.7 Å². The van der Waals surface area contributed by atoms with Crippen molar-refractivity contribution < 1.29 is 18.7 Å². The zero-order valence-electron chi connectivity index (χ0n) is 26.8. The number of likely N-dealkylation sites (tertiary alicyclic amines) is 1. The molecule has 2 saturated heterocycles. The molecule has 45 heavy (non-hydrogen) atoms. The molecule has 0 spiro atoms. The van der Waals surface area contributed by atoms with Gasteiger partial charge >= 0.3 is 0 Å². The summed E-state index contributed by atoms with van der Waals surface area (Å²) >= 11 is 0. The van der Waals surface area contributed by atoms with Crippen LogP contribution in [0.25, 0.3) is 0 Å². The lowest BCUT2D eigenvalue weighted by molar-refractivity contribution is -0.133.